The van der Waals surface area contributed by atoms with Crippen LogP contribution in [0.3, 0.4) is 0 Å². The zero-order valence-corrected chi connectivity index (χ0v) is 8.51. The van der Waals surface area contributed by atoms with Gasteiger partial charge in [-0.15, -0.1) is 0 Å². The van der Waals surface area contributed by atoms with Gasteiger partial charge in [-0.3, -0.25) is 0 Å². The first-order valence-electron chi connectivity index (χ1n) is 4.37. The maximum atomic E-state index is 9.94. The summed E-state index contributed by atoms with van der Waals surface area (Å²) in [6.07, 6.45) is 1.32. The number of phenolic OH excluding ortho intramolecular Hbond substituents is 1. The SMILES string of the molecule is COc1c(O)ccc(Cl)c1C1(O)CC1. The first-order valence-corrected chi connectivity index (χ1v) is 4.74. The van der Waals surface area contributed by atoms with E-state index in [4.69, 9.17) is 16.3 Å². The number of ether oxygens (including phenoxy) is 1. The molecule has 0 heterocycles. The van der Waals surface area contributed by atoms with Crippen LogP contribution in [0, 0.1) is 0 Å². The molecule has 2 rings (SSSR count). The molecule has 1 aromatic rings. The Bertz CT molecular complexity index is 372. The molecule has 0 saturated heterocycles. The summed E-state index contributed by atoms with van der Waals surface area (Å²) < 4.78 is 5.03. The van der Waals surface area contributed by atoms with Gasteiger partial charge in [0, 0.05) is 5.56 Å². The van der Waals surface area contributed by atoms with E-state index in [1.165, 1.54) is 13.2 Å². The highest BCUT2D eigenvalue weighted by Gasteiger charge is 2.46. The van der Waals surface area contributed by atoms with Crippen LogP contribution < -0.4 is 4.74 Å². The van der Waals surface area contributed by atoms with Crippen molar-refractivity contribution in [3.05, 3.63) is 22.7 Å². The van der Waals surface area contributed by atoms with Crippen LogP contribution in [-0.2, 0) is 5.60 Å². The van der Waals surface area contributed by atoms with Crippen molar-refractivity contribution >= 4 is 11.6 Å². The van der Waals surface area contributed by atoms with Gasteiger partial charge in [0.25, 0.3) is 0 Å². The molecule has 0 aromatic heterocycles. The summed E-state index contributed by atoms with van der Waals surface area (Å²) >= 11 is 5.95. The summed E-state index contributed by atoms with van der Waals surface area (Å²) in [6, 6.07) is 3.02. The Morgan fingerprint density at radius 2 is 2.07 bits per heavy atom. The number of rotatable bonds is 2. The minimum absolute atomic E-state index is 0.00669. The van der Waals surface area contributed by atoms with Crippen LogP contribution in [0.4, 0.5) is 0 Å². The van der Waals surface area contributed by atoms with Gasteiger partial charge in [0.05, 0.1) is 17.7 Å². The maximum absolute atomic E-state index is 9.94. The van der Waals surface area contributed by atoms with Crippen molar-refractivity contribution in [2.24, 2.45) is 0 Å². The average Bonchev–Trinajstić information content (AvgIpc) is 2.88. The molecule has 76 valence electrons. The van der Waals surface area contributed by atoms with Crippen LogP contribution in [0.25, 0.3) is 0 Å². The number of aromatic hydroxyl groups is 1. The Labute approximate surface area is 86.9 Å². The largest absolute Gasteiger partial charge is 0.504 e. The van der Waals surface area contributed by atoms with Crippen molar-refractivity contribution in [1.29, 1.82) is 0 Å². The molecule has 0 radical (unpaired) electrons. The van der Waals surface area contributed by atoms with E-state index < -0.39 is 5.60 Å². The summed E-state index contributed by atoms with van der Waals surface area (Å²) in [6.45, 7) is 0. The second-order valence-corrected chi connectivity index (χ2v) is 3.91. The molecule has 1 aliphatic rings. The third-order valence-electron chi connectivity index (χ3n) is 2.48. The molecule has 0 aliphatic heterocycles. The van der Waals surface area contributed by atoms with Crippen molar-refractivity contribution < 1.29 is 14.9 Å². The van der Waals surface area contributed by atoms with Gasteiger partial charge in [-0.25, -0.2) is 0 Å². The number of hydrogen-bond donors (Lipinski definition) is 2. The summed E-state index contributed by atoms with van der Waals surface area (Å²) in [5, 5.41) is 19.9. The Hall–Kier alpha value is -0.930. The number of hydrogen-bond acceptors (Lipinski definition) is 3. The van der Waals surface area contributed by atoms with E-state index in [1.807, 2.05) is 0 Å². The molecule has 4 heteroatoms. The second kappa shape index (κ2) is 3.04. The summed E-state index contributed by atoms with van der Waals surface area (Å²) in [5.74, 6) is 0.282. The zero-order chi connectivity index (χ0) is 10.3. The van der Waals surface area contributed by atoms with E-state index in [9.17, 15) is 10.2 Å². The Balaban J connectivity index is 2.60. The molecule has 1 aromatic carbocycles. The smallest absolute Gasteiger partial charge is 0.168 e. The number of methoxy groups -OCH3 is 1. The minimum atomic E-state index is -0.902. The molecule has 1 aliphatic carbocycles. The summed E-state index contributed by atoms with van der Waals surface area (Å²) in [7, 11) is 1.45. The fourth-order valence-corrected chi connectivity index (χ4v) is 1.88. The van der Waals surface area contributed by atoms with E-state index in [0.29, 0.717) is 23.4 Å². The van der Waals surface area contributed by atoms with Crippen molar-refractivity contribution in [2.45, 2.75) is 18.4 Å². The molecule has 0 unspecified atom stereocenters. The fraction of sp³-hybridized carbons (Fsp3) is 0.400. The number of halogens is 1. The topological polar surface area (TPSA) is 49.7 Å². The quantitative estimate of drug-likeness (QED) is 0.792. The Kier molecular flexibility index (Phi) is 2.09. The van der Waals surface area contributed by atoms with Crippen molar-refractivity contribution in [3.63, 3.8) is 0 Å². The lowest BCUT2D eigenvalue weighted by Gasteiger charge is -2.15. The van der Waals surface area contributed by atoms with Gasteiger partial charge in [0.15, 0.2) is 11.5 Å². The molecule has 1 fully saturated rings. The average molecular weight is 215 g/mol. The standard InChI is InChI=1S/C10H11ClO3/c1-14-9-7(12)3-2-6(11)8(9)10(13)4-5-10/h2-3,12-13H,4-5H2,1H3. The van der Waals surface area contributed by atoms with Gasteiger partial charge in [0.1, 0.15) is 0 Å². The molecule has 2 N–H and O–H groups in total. The third-order valence-corrected chi connectivity index (χ3v) is 2.79. The normalized spacial score (nSPS) is 17.9. The van der Waals surface area contributed by atoms with Crippen molar-refractivity contribution in [2.75, 3.05) is 7.11 Å². The van der Waals surface area contributed by atoms with Crippen LogP contribution in [0.15, 0.2) is 12.1 Å². The highest BCUT2D eigenvalue weighted by atomic mass is 35.5. The first-order chi connectivity index (χ1) is 6.58. The van der Waals surface area contributed by atoms with Crippen molar-refractivity contribution in [1.82, 2.24) is 0 Å². The Morgan fingerprint density at radius 3 is 2.57 bits per heavy atom. The Morgan fingerprint density at radius 1 is 1.43 bits per heavy atom. The predicted octanol–water partition coefficient (Wildman–Crippen LogP) is 2.04. The number of benzene rings is 1. The van der Waals surface area contributed by atoms with Gasteiger partial charge >= 0.3 is 0 Å². The molecular weight excluding hydrogens is 204 g/mol. The predicted molar refractivity (Wildman–Crippen MR) is 52.8 cm³/mol. The lowest BCUT2D eigenvalue weighted by atomic mass is 10.1. The van der Waals surface area contributed by atoms with E-state index in [-0.39, 0.29) is 11.5 Å². The monoisotopic (exact) mass is 214 g/mol. The maximum Gasteiger partial charge on any atom is 0.168 e. The van der Waals surface area contributed by atoms with Crippen LogP contribution in [0.2, 0.25) is 5.02 Å². The number of phenols is 1. The molecule has 0 spiro atoms. The highest BCUT2D eigenvalue weighted by molar-refractivity contribution is 6.31. The summed E-state index contributed by atoms with van der Waals surface area (Å²) in [4.78, 5) is 0. The van der Waals surface area contributed by atoms with E-state index in [0.717, 1.165) is 0 Å². The van der Waals surface area contributed by atoms with Crippen molar-refractivity contribution in [3.8, 4) is 11.5 Å². The molecule has 0 atom stereocenters. The van der Waals surface area contributed by atoms with Crippen LogP contribution >= 0.6 is 11.6 Å². The lowest BCUT2D eigenvalue weighted by molar-refractivity contribution is 0.146. The van der Waals surface area contributed by atoms with E-state index >= 15 is 0 Å². The van der Waals surface area contributed by atoms with E-state index in [1.54, 1.807) is 6.07 Å². The summed E-state index contributed by atoms with van der Waals surface area (Å²) in [5.41, 5.74) is -0.400. The molecule has 14 heavy (non-hydrogen) atoms. The van der Waals surface area contributed by atoms with Gasteiger partial charge in [-0.2, -0.15) is 0 Å². The lowest BCUT2D eigenvalue weighted by Crippen LogP contribution is -2.07. The van der Waals surface area contributed by atoms with Crippen LogP contribution in [0.5, 0.6) is 11.5 Å². The fourth-order valence-electron chi connectivity index (χ4n) is 1.56. The molecule has 0 amide bonds. The van der Waals surface area contributed by atoms with Crippen LogP contribution in [-0.4, -0.2) is 17.3 Å². The minimum Gasteiger partial charge on any atom is -0.504 e. The molecule has 1 saturated carbocycles. The molecular formula is C10H11ClO3. The molecule has 0 bridgehead atoms. The van der Waals surface area contributed by atoms with Gasteiger partial charge in [0.2, 0.25) is 0 Å². The van der Waals surface area contributed by atoms with Crippen LogP contribution in [0.1, 0.15) is 18.4 Å². The third kappa shape index (κ3) is 1.33. The van der Waals surface area contributed by atoms with Gasteiger partial charge < -0.3 is 14.9 Å². The second-order valence-electron chi connectivity index (χ2n) is 3.51. The van der Waals surface area contributed by atoms with E-state index in [2.05, 4.69) is 0 Å². The van der Waals surface area contributed by atoms with Gasteiger partial charge in [-0.1, -0.05) is 11.6 Å². The molecule has 3 nitrogen and oxygen atoms in total. The highest BCUT2D eigenvalue weighted by Crippen LogP contribution is 2.53. The zero-order valence-electron chi connectivity index (χ0n) is 7.75. The van der Waals surface area contributed by atoms with Gasteiger partial charge in [-0.05, 0) is 25.0 Å². The number of aliphatic hydroxyl groups is 1. The first kappa shape index (κ1) is 9.62.